The molecular weight excluding hydrogens is 332 g/mol. The molecule has 3 rings (SSSR count). The lowest BCUT2D eigenvalue weighted by atomic mass is 10.3. The molecule has 0 spiro atoms. The predicted octanol–water partition coefficient (Wildman–Crippen LogP) is 2.60. The number of rotatable bonds is 4. The van der Waals surface area contributed by atoms with Gasteiger partial charge in [0.05, 0.1) is 23.8 Å². The highest BCUT2D eigenvalue weighted by molar-refractivity contribution is 9.10. The largest absolute Gasteiger partial charge is 0.329 e. The van der Waals surface area contributed by atoms with Gasteiger partial charge in [-0.3, -0.25) is 4.68 Å². The summed E-state index contributed by atoms with van der Waals surface area (Å²) >= 11 is 3.49. The van der Waals surface area contributed by atoms with Crippen molar-refractivity contribution in [3.05, 3.63) is 28.9 Å². The van der Waals surface area contributed by atoms with Crippen LogP contribution in [0.4, 0.5) is 0 Å². The number of fused-ring (bicyclic) bond motifs is 1. The van der Waals surface area contributed by atoms with Crippen LogP contribution in [0.5, 0.6) is 0 Å². The third-order valence-electron chi connectivity index (χ3n) is 3.29. The molecule has 0 fully saturated rings. The molecule has 7 heteroatoms. The van der Waals surface area contributed by atoms with Crippen molar-refractivity contribution in [3.8, 4) is 11.5 Å². The van der Waals surface area contributed by atoms with E-state index in [4.69, 9.17) is 10.7 Å². The number of hydrogen-bond acceptors (Lipinski definition) is 4. The van der Waals surface area contributed by atoms with Crippen molar-refractivity contribution in [2.75, 3.05) is 6.54 Å². The number of hydrogen-bond donors (Lipinski definition) is 1. The maximum Gasteiger partial charge on any atom is 0.163 e. The van der Waals surface area contributed by atoms with Gasteiger partial charge in [-0.1, -0.05) is 21.1 Å². The van der Waals surface area contributed by atoms with Crippen molar-refractivity contribution in [1.82, 2.24) is 24.5 Å². The molecule has 0 unspecified atom stereocenters. The quantitative estimate of drug-likeness (QED) is 0.786. The first-order chi connectivity index (χ1) is 10.1. The van der Waals surface area contributed by atoms with Gasteiger partial charge in [-0.2, -0.15) is 0 Å². The van der Waals surface area contributed by atoms with E-state index >= 15 is 0 Å². The van der Waals surface area contributed by atoms with Crippen LogP contribution >= 0.6 is 15.9 Å². The van der Waals surface area contributed by atoms with Gasteiger partial charge in [0.25, 0.3) is 0 Å². The standard InChI is InChI=1S/C14H17BrN6/c1-9(2)21-13-4-3-10(15)7-11(13)17-14(21)12-8-20(6-5-16)19-18-12/h3-4,7-9H,5-6,16H2,1-2H3. The summed E-state index contributed by atoms with van der Waals surface area (Å²) in [5.74, 6) is 0.835. The fourth-order valence-corrected chi connectivity index (χ4v) is 2.77. The first-order valence-electron chi connectivity index (χ1n) is 6.88. The molecule has 0 saturated heterocycles. The SMILES string of the molecule is CC(C)n1c(-c2cn(CCN)nn2)nc2cc(Br)ccc21. The Labute approximate surface area is 131 Å². The average molecular weight is 349 g/mol. The van der Waals surface area contributed by atoms with Crippen molar-refractivity contribution < 1.29 is 0 Å². The fraction of sp³-hybridized carbons (Fsp3) is 0.357. The molecule has 0 saturated carbocycles. The Morgan fingerprint density at radius 1 is 1.33 bits per heavy atom. The van der Waals surface area contributed by atoms with Crippen LogP contribution in [-0.2, 0) is 6.54 Å². The van der Waals surface area contributed by atoms with Gasteiger partial charge < -0.3 is 10.3 Å². The van der Waals surface area contributed by atoms with Crippen LogP contribution in [0.15, 0.2) is 28.9 Å². The van der Waals surface area contributed by atoms with E-state index in [0.29, 0.717) is 13.1 Å². The second-order valence-electron chi connectivity index (χ2n) is 5.19. The molecule has 2 aromatic heterocycles. The zero-order chi connectivity index (χ0) is 15.0. The lowest BCUT2D eigenvalue weighted by Gasteiger charge is -2.11. The molecule has 3 aromatic rings. The Morgan fingerprint density at radius 2 is 2.14 bits per heavy atom. The monoisotopic (exact) mass is 348 g/mol. The minimum Gasteiger partial charge on any atom is -0.329 e. The van der Waals surface area contributed by atoms with Gasteiger partial charge in [-0.05, 0) is 32.0 Å². The van der Waals surface area contributed by atoms with Gasteiger partial charge in [0, 0.05) is 17.1 Å². The zero-order valence-electron chi connectivity index (χ0n) is 12.0. The number of halogens is 1. The summed E-state index contributed by atoms with van der Waals surface area (Å²) in [6.07, 6.45) is 1.89. The van der Waals surface area contributed by atoms with E-state index in [0.717, 1.165) is 27.0 Å². The minimum atomic E-state index is 0.283. The first-order valence-corrected chi connectivity index (χ1v) is 7.67. The third-order valence-corrected chi connectivity index (χ3v) is 3.79. The number of nitrogens with two attached hydrogens (primary N) is 1. The molecule has 0 atom stereocenters. The molecule has 6 nitrogen and oxygen atoms in total. The molecular formula is C14H17BrN6. The van der Waals surface area contributed by atoms with Gasteiger partial charge in [-0.15, -0.1) is 5.10 Å². The van der Waals surface area contributed by atoms with Gasteiger partial charge >= 0.3 is 0 Å². The van der Waals surface area contributed by atoms with Gasteiger partial charge in [0.2, 0.25) is 0 Å². The Hall–Kier alpha value is -1.73. The van der Waals surface area contributed by atoms with E-state index in [1.165, 1.54) is 0 Å². The molecule has 0 aliphatic heterocycles. The van der Waals surface area contributed by atoms with Gasteiger partial charge in [-0.25, -0.2) is 4.98 Å². The topological polar surface area (TPSA) is 74.5 Å². The number of aromatic nitrogens is 5. The fourth-order valence-electron chi connectivity index (χ4n) is 2.42. The second kappa shape index (κ2) is 5.57. The summed E-state index contributed by atoms with van der Waals surface area (Å²) in [5.41, 5.74) is 8.36. The normalized spacial score (nSPS) is 11.7. The summed E-state index contributed by atoms with van der Waals surface area (Å²) in [7, 11) is 0. The Balaban J connectivity index is 2.18. The van der Waals surface area contributed by atoms with E-state index in [9.17, 15) is 0 Å². The van der Waals surface area contributed by atoms with Gasteiger partial charge in [0.1, 0.15) is 5.69 Å². The van der Waals surface area contributed by atoms with Crippen molar-refractivity contribution >= 4 is 27.0 Å². The molecule has 110 valence electrons. The highest BCUT2D eigenvalue weighted by Gasteiger charge is 2.17. The molecule has 0 radical (unpaired) electrons. The van der Waals surface area contributed by atoms with Crippen molar-refractivity contribution in [2.24, 2.45) is 5.73 Å². The molecule has 2 N–H and O–H groups in total. The Morgan fingerprint density at radius 3 is 2.86 bits per heavy atom. The van der Waals surface area contributed by atoms with Gasteiger partial charge in [0.15, 0.2) is 5.82 Å². The highest BCUT2D eigenvalue weighted by Crippen LogP contribution is 2.28. The molecule has 0 aliphatic carbocycles. The van der Waals surface area contributed by atoms with Crippen LogP contribution in [-0.4, -0.2) is 31.1 Å². The van der Waals surface area contributed by atoms with Crippen LogP contribution in [0.3, 0.4) is 0 Å². The van der Waals surface area contributed by atoms with E-state index in [1.54, 1.807) is 4.68 Å². The average Bonchev–Trinajstić information content (AvgIpc) is 3.02. The summed E-state index contributed by atoms with van der Waals surface area (Å²) in [4.78, 5) is 4.72. The zero-order valence-corrected chi connectivity index (χ0v) is 13.6. The lowest BCUT2D eigenvalue weighted by Crippen LogP contribution is -2.10. The molecule has 2 heterocycles. The highest BCUT2D eigenvalue weighted by atomic mass is 79.9. The molecule has 21 heavy (non-hydrogen) atoms. The van der Waals surface area contributed by atoms with Crippen LogP contribution in [0.1, 0.15) is 19.9 Å². The maximum absolute atomic E-state index is 5.55. The number of benzene rings is 1. The summed E-state index contributed by atoms with van der Waals surface area (Å²) in [6.45, 7) is 5.46. The van der Waals surface area contributed by atoms with Crippen molar-refractivity contribution in [3.63, 3.8) is 0 Å². The third kappa shape index (κ3) is 2.58. The van der Waals surface area contributed by atoms with E-state index in [-0.39, 0.29) is 6.04 Å². The van der Waals surface area contributed by atoms with Crippen LogP contribution in [0.25, 0.3) is 22.6 Å². The van der Waals surface area contributed by atoms with E-state index in [2.05, 4.69) is 50.7 Å². The summed E-state index contributed by atoms with van der Waals surface area (Å²) in [6, 6.07) is 6.39. The summed E-state index contributed by atoms with van der Waals surface area (Å²) in [5, 5.41) is 8.32. The number of nitrogens with zero attached hydrogens (tertiary/aromatic N) is 5. The van der Waals surface area contributed by atoms with Crippen LogP contribution in [0, 0.1) is 0 Å². The molecule has 0 aliphatic rings. The maximum atomic E-state index is 5.55. The van der Waals surface area contributed by atoms with Crippen LogP contribution in [0.2, 0.25) is 0 Å². The van der Waals surface area contributed by atoms with Crippen molar-refractivity contribution in [1.29, 1.82) is 0 Å². The number of imidazole rings is 1. The lowest BCUT2D eigenvalue weighted by molar-refractivity contribution is 0.598. The molecule has 1 aromatic carbocycles. The van der Waals surface area contributed by atoms with Crippen molar-refractivity contribution in [2.45, 2.75) is 26.4 Å². The Kier molecular flexibility index (Phi) is 3.77. The molecule has 0 amide bonds. The Bertz CT molecular complexity index is 773. The van der Waals surface area contributed by atoms with E-state index in [1.807, 2.05) is 18.3 Å². The smallest absolute Gasteiger partial charge is 0.163 e. The first kappa shape index (κ1) is 14.2. The van der Waals surface area contributed by atoms with Crippen LogP contribution < -0.4 is 5.73 Å². The van der Waals surface area contributed by atoms with E-state index < -0.39 is 0 Å². The molecule has 0 bridgehead atoms. The predicted molar refractivity (Wildman–Crippen MR) is 85.9 cm³/mol. The minimum absolute atomic E-state index is 0.283. The second-order valence-corrected chi connectivity index (χ2v) is 6.10. The summed E-state index contributed by atoms with van der Waals surface area (Å²) < 4.78 is 4.94.